The van der Waals surface area contributed by atoms with E-state index in [-0.39, 0.29) is 6.10 Å². The molecule has 1 aliphatic rings. The minimum absolute atomic E-state index is 0.0620. The molecule has 1 atom stereocenters. The standard InChI is InChI=1S/C17H27NO/c1-13(2)17(14-6-4-3-5-7-14)12-18-15-8-10-16(19)11-9-15/h3-7,13,15-19H,8-12H2,1-2H3. The van der Waals surface area contributed by atoms with E-state index in [1.807, 2.05) is 0 Å². The monoisotopic (exact) mass is 261 g/mol. The molecule has 1 unspecified atom stereocenters. The summed E-state index contributed by atoms with van der Waals surface area (Å²) in [5, 5.41) is 13.3. The third-order valence-corrected chi connectivity index (χ3v) is 4.36. The van der Waals surface area contributed by atoms with Gasteiger partial charge in [0.1, 0.15) is 0 Å². The summed E-state index contributed by atoms with van der Waals surface area (Å²) in [6.07, 6.45) is 4.07. The van der Waals surface area contributed by atoms with Gasteiger partial charge in [0.05, 0.1) is 6.10 Å². The molecule has 2 nitrogen and oxygen atoms in total. The lowest BCUT2D eigenvalue weighted by molar-refractivity contribution is 0.116. The molecule has 0 radical (unpaired) electrons. The van der Waals surface area contributed by atoms with Crippen LogP contribution in [-0.2, 0) is 0 Å². The molecule has 1 aliphatic carbocycles. The summed E-state index contributed by atoms with van der Waals surface area (Å²) in [7, 11) is 0. The molecular formula is C17H27NO. The lowest BCUT2D eigenvalue weighted by atomic mass is 9.87. The zero-order valence-electron chi connectivity index (χ0n) is 12.2. The van der Waals surface area contributed by atoms with Gasteiger partial charge >= 0.3 is 0 Å². The maximum absolute atomic E-state index is 9.54. The fraction of sp³-hybridized carbons (Fsp3) is 0.647. The van der Waals surface area contributed by atoms with Gasteiger partial charge in [0.25, 0.3) is 0 Å². The summed E-state index contributed by atoms with van der Waals surface area (Å²) in [6, 6.07) is 11.4. The van der Waals surface area contributed by atoms with E-state index in [2.05, 4.69) is 49.5 Å². The molecule has 0 aliphatic heterocycles. The first-order valence-corrected chi connectivity index (χ1v) is 7.63. The molecule has 106 valence electrons. The van der Waals surface area contributed by atoms with Crippen molar-refractivity contribution in [2.45, 2.75) is 57.6 Å². The Morgan fingerprint density at radius 1 is 1.11 bits per heavy atom. The van der Waals surface area contributed by atoms with Crippen LogP contribution >= 0.6 is 0 Å². The van der Waals surface area contributed by atoms with Crippen LogP contribution in [0.15, 0.2) is 30.3 Å². The molecule has 1 aromatic rings. The fourth-order valence-electron chi connectivity index (χ4n) is 3.01. The number of nitrogens with one attached hydrogen (secondary N) is 1. The van der Waals surface area contributed by atoms with E-state index in [1.54, 1.807) is 0 Å². The zero-order chi connectivity index (χ0) is 13.7. The van der Waals surface area contributed by atoms with Crippen molar-refractivity contribution in [1.29, 1.82) is 0 Å². The van der Waals surface area contributed by atoms with Crippen molar-refractivity contribution in [3.63, 3.8) is 0 Å². The number of hydrogen-bond acceptors (Lipinski definition) is 2. The van der Waals surface area contributed by atoms with Crippen LogP contribution in [0.5, 0.6) is 0 Å². The molecular weight excluding hydrogens is 234 g/mol. The van der Waals surface area contributed by atoms with Crippen molar-refractivity contribution in [2.24, 2.45) is 5.92 Å². The maximum Gasteiger partial charge on any atom is 0.0541 e. The quantitative estimate of drug-likeness (QED) is 0.852. The van der Waals surface area contributed by atoms with Crippen LogP contribution in [0.3, 0.4) is 0 Å². The second-order valence-electron chi connectivity index (χ2n) is 6.17. The van der Waals surface area contributed by atoms with E-state index < -0.39 is 0 Å². The van der Waals surface area contributed by atoms with E-state index in [1.165, 1.54) is 5.56 Å². The fourth-order valence-corrected chi connectivity index (χ4v) is 3.01. The van der Waals surface area contributed by atoms with Crippen molar-refractivity contribution in [2.75, 3.05) is 6.54 Å². The largest absolute Gasteiger partial charge is 0.393 e. The first-order valence-electron chi connectivity index (χ1n) is 7.63. The predicted octanol–water partition coefficient (Wildman–Crippen LogP) is 3.32. The van der Waals surface area contributed by atoms with Crippen molar-refractivity contribution in [3.8, 4) is 0 Å². The maximum atomic E-state index is 9.54. The Morgan fingerprint density at radius 2 is 1.74 bits per heavy atom. The Hall–Kier alpha value is -0.860. The number of benzene rings is 1. The molecule has 0 heterocycles. The molecule has 0 bridgehead atoms. The smallest absolute Gasteiger partial charge is 0.0541 e. The molecule has 19 heavy (non-hydrogen) atoms. The van der Waals surface area contributed by atoms with Gasteiger partial charge < -0.3 is 10.4 Å². The lowest BCUT2D eigenvalue weighted by Gasteiger charge is -2.29. The number of hydrogen-bond donors (Lipinski definition) is 2. The van der Waals surface area contributed by atoms with Crippen molar-refractivity contribution >= 4 is 0 Å². The highest BCUT2D eigenvalue weighted by atomic mass is 16.3. The second kappa shape index (κ2) is 7.06. The van der Waals surface area contributed by atoms with Gasteiger partial charge in [-0.3, -0.25) is 0 Å². The van der Waals surface area contributed by atoms with Crippen molar-refractivity contribution in [3.05, 3.63) is 35.9 Å². The summed E-state index contributed by atoms with van der Waals surface area (Å²) in [4.78, 5) is 0. The van der Waals surface area contributed by atoms with Crippen LogP contribution in [0.2, 0.25) is 0 Å². The minimum atomic E-state index is -0.0620. The van der Waals surface area contributed by atoms with Gasteiger partial charge in [-0.25, -0.2) is 0 Å². The van der Waals surface area contributed by atoms with Gasteiger partial charge in [-0.2, -0.15) is 0 Å². The highest BCUT2D eigenvalue weighted by Crippen LogP contribution is 2.25. The number of rotatable bonds is 5. The van der Waals surface area contributed by atoms with Crippen LogP contribution in [0.25, 0.3) is 0 Å². The average Bonchev–Trinajstić information content (AvgIpc) is 2.42. The van der Waals surface area contributed by atoms with E-state index in [4.69, 9.17) is 0 Å². The summed E-state index contributed by atoms with van der Waals surface area (Å²) >= 11 is 0. The second-order valence-corrected chi connectivity index (χ2v) is 6.17. The zero-order valence-corrected chi connectivity index (χ0v) is 12.2. The average molecular weight is 261 g/mol. The van der Waals surface area contributed by atoms with E-state index >= 15 is 0 Å². The van der Waals surface area contributed by atoms with Crippen molar-refractivity contribution in [1.82, 2.24) is 5.32 Å². The van der Waals surface area contributed by atoms with Crippen LogP contribution < -0.4 is 5.32 Å². The number of aliphatic hydroxyl groups is 1. The van der Waals surface area contributed by atoms with E-state index in [0.717, 1.165) is 32.2 Å². The molecule has 2 rings (SSSR count). The summed E-state index contributed by atoms with van der Waals surface area (Å²) in [6.45, 7) is 5.64. The molecule has 1 fully saturated rings. The molecule has 2 N–H and O–H groups in total. The molecule has 0 saturated heterocycles. The molecule has 2 heteroatoms. The van der Waals surface area contributed by atoms with Crippen molar-refractivity contribution < 1.29 is 5.11 Å². The Bertz CT molecular complexity index is 355. The predicted molar refractivity (Wildman–Crippen MR) is 80.3 cm³/mol. The topological polar surface area (TPSA) is 32.3 Å². The molecule has 1 saturated carbocycles. The summed E-state index contributed by atoms with van der Waals surface area (Å²) in [5.74, 6) is 1.22. The Kier molecular flexibility index (Phi) is 5.41. The van der Waals surface area contributed by atoms with Crippen LogP contribution in [0.1, 0.15) is 51.0 Å². The normalized spacial score (nSPS) is 25.5. The van der Waals surface area contributed by atoms with Gasteiger partial charge in [0.2, 0.25) is 0 Å². The molecule has 0 amide bonds. The van der Waals surface area contributed by atoms with E-state index in [9.17, 15) is 5.11 Å². The highest BCUT2D eigenvalue weighted by molar-refractivity contribution is 5.20. The first-order chi connectivity index (χ1) is 9.16. The summed E-state index contributed by atoms with van der Waals surface area (Å²) in [5.41, 5.74) is 1.43. The molecule has 1 aromatic carbocycles. The van der Waals surface area contributed by atoms with Gasteiger partial charge in [0, 0.05) is 12.6 Å². The first kappa shape index (κ1) is 14.5. The van der Waals surface area contributed by atoms with Crippen LogP contribution in [0, 0.1) is 5.92 Å². The highest BCUT2D eigenvalue weighted by Gasteiger charge is 2.21. The van der Waals surface area contributed by atoms with Gasteiger partial charge in [-0.15, -0.1) is 0 Å². The van der Waals surface area contributed by atoms with E-state index in [0.29, 0.717) is 17.9 Å². The SMILES string of the molecule is CC(C)C(CNC1CCC(O)CC1)c1ccccc1. The number of aliphatic hydroxyl groups excluding tert-OH is 1. The van der Waals surface area contributed by atoms with Crippen LogP contribution in [-0.4, -0.2) is 23.8 Å². The van der Waals surface area contributed by atoms with Gasteiger partial charge in [-0.1, -0.05) is 44.2 Å². The third-order valence-electron chi connectivity index (χ3n) is 4.36. The molecule has 0 aromatic heterocycles. The van der Waals surface area contributed by atoms with Crippen LogP contribution in [0.4, 0.5) is 0 Å². The lowest BCUT2D eigenvalue weighted by Crippen LogP contribution is -2.37. The van der Waals surface area contributed by atoms with Gasteiger partial charge in [-0.05, 0) is 43.1 Å². The summed E-state index contributed by atoms with van der Waals surface area (Å²) < 4.78 is 0. The Balaban J connectivity index is 1.88. The minimum Gasteiger partial charge on any atom is -0.393 e. The third kappa shape index (κ3) is 4.32. The van der Waals surface area contributed by atoms with Gasteiger partial charge in [0.15, 0.2) is 0 Å². The Morgan fingerprint density at radius 3 is 2.32 bits per heavy atom. The Labute approximate surface area is 117 Å². The molecule has 0 spiro atoms.